The molecule has 0 aliphatic heterocycles. The molecule has 0 bridgehead atoms. The fourth-order valence-corrected chi connectivity index (χ4v) is 5.01. The summed E-state index contributed by atoms with van der Waals surface area (Å²) in [7, 11) is 0. The zero-order valence-corrected chi connectivity index (χ0v) is 20.6. The smallest absolute Gasteiger partial charge is 0.229 e. The van der Waals surface area contributed by atoms with Crippen LogP contribution in [0.3, 0.4) is 0 Å². The molecule has 0 aliphatic carbocycles. The molecule has 0 saturated carbocycles. The molecule has 1 aromatic heterocycles. The van der Waals surface area contributed by atoms with Crippen molar-refractivity contribution in [2.45, 2.75) is 32.1 Å². The molecule has 0 fully saturated rings. The Morgan fingerprint density at radius 1 is 1.10 bits per heavy atom. The molecule has 2 aromatic carbocycles. The van der Waals surface area contributed by atoms with E-state index in [0.717, 1.165) is 29.9 Å². The van der Waals surface area contributed by atoms with Crippen molar-refractivity contribution in [1.82, 2.24) is 9.88 Å². The van der Waals surface area contributed by atoms with E-state index in [-0.39, 0.29) is 24.1 Å². The van der Waals surface area contributed by atoms with Crippen LogP contribution in [0.15, 0.2) is 47.4 Å². The van der Waals surface area contributed by atoms with Crippen LogP contribution < -0.4 is 4.90 Å². The van der Waals surface area contributed by atoms with Crippen LogP contribution in [-0.2, 0) is 4.79 Å². The van der Waals surface area contributed by atoms with Gasteiger partial charge in [0, 0.05) is 30.2 Å². The first kappa shape index (κ1) is 25.6. The zero-order chi connectivity index (χ0) is 21.5. The van der Waals surface area contributed by atoms with E-state index in [4.69, 9.17) is 0 Å². The topological polar surface area (TPSA) is 36.4 Å². The first-order valence-corrected chi connectivity index (χ1v) is 12.1. The molecule has 0 unspecified atom stereocenters. The number of aromatic nitrogens is 1. The average molecular weight is 482 g/mol. The largest absolute Gasteiger partial charge is 0.302 e. The van der Waals surface area contributed by atoms with E-state index in [1.807, 2.05) is 0 Å². The fraction of sp³-hybridized carbons (Fsp3) is 0.391. The molecular weight excluding hydrogens is 453 g/mol. The summed E-state index contributed by atoms with van der Waals surface area (Å²) in [6.45, 7) is 9.55. The van der Waals surface area contributed by atoms with Gasteiger partial charge in [0.25, 0.3) is 0 Å². The van der Waals surface area contributed by atoms with Gasteiger partial charge in [-0.05, 0) is 50.3 Å². The zero-order valence-electron chi connectivity index (χ0n) is 18.1. The Balaban J connectivity index is 0.00000341. The number of thiazole rings is 1. The average Bonchev–Trinajstić information content (AvgIpc) is 3.15. The van der Waals surface area contributed by atoms with Crippen LogP contribution in [0.1, 0.15) is 25.8 Å². The number of carbonyl (C=O) groups excluding carboxylic acids is 1. The highest BCUT2D eigenvalue weighted by Gasteiger charge is 2.20. The highest BCUT2D eigenvalue weighted by atomic mass is 35.5. The summed E-state index contributed by atoms with van der Waals surface area (Å²) in [6.07, 6.45) is 0.432. The first-order valence-electron chi connectivity index (χ1n) is 10.3. The van der Waals surface area contributed by atoms with Crippen molar-refractivity contribution in [2.75, 3.05) is 36.8 Å². The molecule has 3 rings (SSSR count). The number of hydrogen-bond acceptors (Lipinski definition) is 5. The van der Waals surface area contributed by atoms with E-state index < -0.39 is 0 Å². The maximum atomic E-state index is 13.6. The second-order valence-electron chi connectivity index (χ2n) is 7.09. The quantitative estimate of drug-likeness (QED) is 0.331. The number of hydrogen-bond donors (Lipinski definition) is 0. The number of halogens is 2. The van der Waals surface area contributed by atoms with E-state index in [1.165, 1.54) is 33.9 Å². The Morgan fingerprint density at radius 3 is 2.48 bits per heavy atom. The number of likely N-dealkylation sites (N-methyl/N-ethyl adjacent to an activating group) is 1. The third-order valence-corrected chi connectivity index (χ3v) is 7.07. The van der Waals surface area contributed by atoms with Crippen molar-refractivity contribution < 1.29 is 9.18 Å². The Kier molecular flexibility index (Phi) is 10.2. The molecule has 1 amide bonds. The number of anilines is 1. The Bertz CT molecular complexity index is 977. The highest BCUT2D eigenvalue weighted by Crippen LogP contribution is 2.30. The number of thioether (sulfide) groups is 1. The Hall–Kier alpha value is -1.67. The van der Waals surface area contributed by atoms with Gasteiger partial charge in [-0.15, -0.1) is 24.2 Å². The molecule has 3 aromatic rings. The van der Waals surface area contributed by atoms with Crippen molar-refractivity contribution in [3.63, 3.8) is 0 Å². The lowest BCUT2D eigenvalue weighted by Crippen LogP contribution is -2.39. The monoisotopic (exact) mass is 481 g/mol. The predicted molar refractivity (Wildman–Crippen MR) is 133 cm³/mol. The van der Waals surface area contributed by atoms with E-state index in [1.54, 1.807) is 22.7 Å². The van der Waals surface area contributed by atoms with E-state index in [9.17, 15) is 9.18 Å². The van der Waals surface area contributed by atoms with Gasteiger partial charge in [-0.25, -0.2) is 9.37 Å². The third-order valence-electron chi connectivity index (χ3n) is 5.01. The number of fused-ring (bicyclic) bond motifs is 1. The molecule has 0 radical (unpaired) electrons. The number of amides is 1. The van der Waals surface area contributed by atoms with Gasteiger partial charge in [-0.2, -0.15) is 0 Å². The van der Waals surface area contributed by atoms with Crippen molar-refractivity contribution in [3.05, 3.63) is 53.8 Å². The first-order chi connectivity index (χ1) is 14.5. The minimum Gasteiger partial charge on any atom is -0.302 e. The second kappa shape index (κ2) is 12.4. The molecule has 0 aliphatic rings. The minimum atomic E-state index is -0.284. The number of carbonyl (C=O) groups is 1. The van der Waals surface area contributed by atoms with E-state index in [0.29, 0.717) is 23.8 Å². The van der Waals surface area contributed by atoms with Gasteiger partial charge in [-0.1, -0.05) is 42.9 Å². The summed E-state index contributed by atoms with van der Waals surface area (Å²) < 4.78 is 14.4. The SMILES string of the molecule is CCN(CC)CCN(C(=O)CCSc1ccc(C)cc1)c1nc2ccc(F)cc2s1.Cl. The lowest BCUT2D eigenvalue weighted by atomic mass is 10.2. The molecule has 1 heterocycles. The highest BCUT2D eigenvalue weighted by molar-refractivity contribution is 7.99. The van der Waals surface area contributed by atoms with Gasteiger partial charge in [0.15, 0.2) is 5.13 Å². The number of aryl methyl sites for hydroxylation is 1. The number of rotatable bonds is 10. The summed E-state index contributed by atoms with van der Waals surface area (Å²) in [5.41, 5.74) is 1.95. The summed E-state index contributed by atoms with van der Waals surface area (Å²) in [5.74, 6) is 0.484. The van der Waals surface area contributed by atoms with Gasteiger partial charge in [-0.3, -0.25) is 9.69 Å². The van der Waals surface area contributed by atoms with Crippen molar-refractivity contribution in [3.8, 4) is 0 Å². The fourth-order valence-electron chi connectivity index (χ4n) is 3.14. The van der Waals surface area contributed by atoms with Crippen LogP contribution in [0.4, 0.5) is 9.52 Å². The molecule has 0 saturated heterocycles. The van der Waals surface area contributed by atoms with Crippen molar-refractivity contribution in [2.24, 2.45) is 0 Å². The van der Waals surface area contributed by atoms with Crippen LogP contribution in [0.5, 0.6) is 0 Å². The molecule has 0 spiro atoms. The lowest BCUT2D eigenvalue weighted by Gasteiger charge is -2.24. The van der Waals surface area contributed by atoms with Crippen LogP contribution >= 0.6 is 35.5 Å². The molecule has 8 heteroatoms. The summed E-state index contributed by atoms with van der Waals surface area (Å²) >= 11 is 3.06. The van der Waals surface area contributed by atoms with Crippen LogP contribution in [0, 0.1) is 12.7 Å². The third kappa shape index (κ3) is 7.17. The standard InChI is InChI=1S/C23H28FN3OS2.ClH/c1-4-26(5-2)13-14-27(23-25-20-11-8-18(24)16-21(20)30-23)22(28)12-15-29-19-9-6-17(3)7-10-19;/h6-11,16H,4-5,12-15H2,1-3H3;1H. The summed E-state index contributed by atoms with van der Waals surface area (Å²) in [4.78, 5) is 22.9. The van der Waals surface area contributed by atoms with Gasteiger partial charge >= 0.3 is 0 Å². The maximum absolute atomic E-state index is 13.6. The number of nitrogens with zero attached hydrogens (tertiary/aromatic N) is 3. The van der Waals surface area contributed by atoms with Crippen molar-refractivity contribution >= 4 is 56.8 Å². The number of benzene rings is 2. The van der Waals surface area contributed by atoms with Crippen LogP contribution in [0.2, 0.25) is 0 Å². The maximum Gasteiger partial charge on any atom is 0.229 e. The second-order valence-corrected chi connectivity index (χ2v) is 9.27. The van der Waals surface area contributed by atoms with Crippen LogP contribution in [-0.4, -0.2) is 47.7 Å². The van der Waals surface area contributed by atoms with E-state index >= 15 is 0 Å². The lowest BCUT2D eigenvalue weighted by molar-refractivity contribution is -0.118. The Morgan fingerprint density at radius 2 is 1.81 bits per heavy atom. The molecule has 4 nitrogen and oxygen atoms in total. The minimum absolute atomic E-state index is 0. The molecular formula is C23H29ClFN3OS2. The van der Waals surface area contributed by atoms with Gasteiger partial charge in [0.1, 0.15) is 5.82 Å². The van der Waals surface area contributed by atoms with Gasteiger partial charge in [0.2, 0.25) is 5.91 Å². The van der Waals surface area contributed by atoms with Gasteiger partial charge < -0.3 is 4.90 Å². The summed E-state index contributed by atoms with van der Waals surface area (Å²) in [5, 5.41) is 0.646. The van der Waals surface area contributed by atoms with Crippen LogP contribution in [0.25, 0.3) is 10.2 Å². The predicted octanol–water partition coefficient (Wildman–Crippen LogP) is 6.02. The van der Waals surface area contributed by atoms with Gasteiger partial charge in [0.05, 0.1) is 10.2 Å². The van der Waals surface area contributed by atoms with Crippen molar-refractivity contribution in [1.29, 1.82) is 0 Å². The van der Waals surface area contributed by atoms with E-state index in [2.05, 4.69) is 54.9 Å². The molecule has 0 atom stereocenters. The molecule has 168 valence electrons. The Labute approximate surface area is 198 Å². The molecule has 31 heavy (non-hydrogen) atoms. The molecule has 0 N–H and O–H groups in total. The summed E-state index contributed by atoms with van der Waals surface area (Å²) in [6, 6.07) is 12.9. The normalized spacial score (nSPS) is 11.0.